The Hall–Kier alpha value is -4.62. The number of rotatable bonds is 15. The van der Waals surface area contributed by atoms with Crippen molar-refractivity contribution in [2.45, 2.75) is 64.7 Å². The minimum atomic E-state index is -1.40. The molecular weight excluding hydrogens is 600 g/mol. The maximum absolute atomic E-state index is 14.9. The van der Waals surface area contributed by atoms with Crippen molar-refractivity contribution in [3.05, 3.63) is 83.7 Å². The standard InChI is InChI=1S/C33H41F2N5O6/c1-33(2,3)30(40(29(43)19-41)14-13-25(36)31(44)38-26(32(45)46)11-12-28(37)42)27-15-21(23-16-22(34)9-10-24(23)35)18-39(27)17-20-7-5-4-6-8-20/h4-10,15-16,18,25-26,30,41H,11-14,17,19,36H2,1-3H3,(H2,37,42)(H,38,44)(H,45,46)/t25-,26-,30-/m0/s1. The van der Waals surface area contributed by atoms with Gasteiger partial charge in [0.1, 0.15) is 24.3 Å². The number of hydrogen-bond donors (Lipinski definition) is 5. The zero-order valence-electron chi connectivity index (χ0n) is 26.1. The van der Waals surface area contributed by atoms with Gasteiger partial charge in [0.25, 0.3) is 0 Å². The Morgan fingerprint density at radius 3 is 2.28 bits per heavy atom. The van der Waals surface area contributed by atoms with E-state index in [0.29, 0.717) is 17.8 Å². The molecule has 3 rings (SSSR count). The van der Waals surface area contributed by atoms with E-state index in [-0.39, 0.29) is 31.4 Å². The summed E-state index contributed by atoms with van der Waals surface area (Å²) in [5.41, 5.74) is 12.4. The van der Waals surface area contributed by atoms with Gasteiger partial charge in [-0.1, -0.05) is 51.1 Å². The van der Waals surface area contributed by atoms with Crippen LogP contribution in [0.3, 0.4) is 0 Å². The summed E-state index contributed by atoms with van der Waals surface area (Å²) < 4.78 is 31.0. The summed E-state index contributed by atoms with van der Waals surface area (Å²) in [6, 6.07) is 10.8. The summed E-state index contributed by atoms with van der Waals surface area (Å²) in [4.78, 5) is 50.2. The van der Waals surface area contributed by atoms with Crippen LogP contribution in [0.4, 0.5) is 8.78 Å². The van der Waals surface area contributed by atoms with Gasteiger partial charge >= 0.3 is 5.97 Å². The second-order valence-electron chi connectivity index (χ2n) is 12.2. The number of aliphatic carboxylic acids is 1. The quantitative estimate of drug-likeness (QED) is 0.169. The number of nitrogens with zero attached hydrogens (tertiary/aromatic N) is 2. The number of primary amides is 1. The smallest absolute Gasteiger partial charge is 0.326 e. The molecule has 2 aromatic carbocycles. The Morgan fingerprint density at radius 2 is 1.70 bits per heavy atom. The summed E-state index contributed by atoms with van der Waals surface area (Å²) in [5.74, 6) is -4.81. The monoisotopic (exact) mass is 641 g/mol. The van der Waals surface area contributed by atoms with E-state index in [0.717, 1.165) is 23.8 Å². The van der Waals surface area contributed by atoms with Crippen LogP contribution in [0.1, 0.15) is 57.3 Å². The number of amides is 3. The first-order valence-electron chi connectivity index (χ1n) is 14.8. The highest BCUT2D eigenvalue weighted by molar-refractivity contribution is 5.87. The molecule has 0 unspecified atom stereocenters. The van der Waals surface area contributed by atoms with Crippen LogP contribution in [0.15, 0.2) is 60.8 Å². The molecule has 0 saturated heterocycles. The lowest BCUT2D eigenvalue weighted by Gasteiger charge is -2.41. The van der Waals surface area contributed by atoms with Crippen LogP contribution in [0.5, 0.6) is 0 Å². The Balaban J connectivity index is 2.01. The van der Waals surface area contributed by atoms with Gasteiger partial charge in [-0.25, -0.2) is 13.6 Å². The lowest BCUT2D eigenvalue weighted by molar-refractivity contribution is -0.142. The van der Waals surface area contributed by atoms with Crippen LogP contribution in [-0.4, -0.2) is 68.6 Å². The van der Waals surface area contributed by atoms with Gasteiger partial charge in [-0.05, 0) is 48.1 Å². The molecule has 0 saturated carbocycles. The molecule has 0 bridgehead atoms. The number of benzene rings is 2. The molecule has 7 N–H and O–H groups in total. The van der Waals surface area contributed by atoms with E-state index in [1.807, 2.05) is 55.7 Å². The highest BCUT2D eigenvalue weighted by Crippen LogP contribution is 2.41. The minimum Gasteiger partial charge on any atom is -0.480 e. The number of nitrogens with one attached hydrogen (secondary N) is 1. The van der Waals surface area contributed by atoms with Crippen molar-refractivity contribution in [1.29, 1.82) is 0 Å². The first-order valence-corrected chi connectivity index (χ1v) is 14.8. The molecular formula is C33H41F2N5O6. The minimum absolute atomic E-state index is 0.0313. The van der Waals surface area contributed by atoms with Gasteiger partial charge in [-0.15, -0.1) is 0 Å². The van der Waals surface area contributed by atoms with Crippen molar-refractivity contribution in [3.63, 3.8) is 0 Å². The summed E-state index contributed by atoms with van der Waals surface area (Å²) in [6.45, 7) is 4.98. The van der Waals surface area contributed by atoms with Crippen molar-refractivity contribution in [2.75, 3.05) is 13.2 Å². The molecule has 13 heteroatoms. The Labute approximate surface area is 266 Å². The van der Waals surface area contributed by atoms with E-state index in [9.17, 15) is 38.2 Å². The van der Waals surface area contributed by atoms with Crippen LogP contribution in [0.2, 0.25) is 0 Å². The highest BCUT2D eigenvalue weighted by atomic mass is 19.1. The van der Waals surface area contributed by atoms with Crippen LogP contribution in [0.25, 0.3) is 11.1 Å². The first kappa shape index (κ1) is 35.9. The molecule has 0 aliphatic heterocycles. The second kappa shape index (κ2) is 15.6. The molecule has 0 spiro atoms. The number of aromatic nitrogens is 1. The maximum Gasteiger partial charge on any atom is 0.326 e. The third kappa shape index (κ3) is 9.44. The van der Waals surface area contributed by atoms with E-state index in [4.69, 9.17) is 11.5 Å². The number of halogens is 2. The number of hydrogen-bond acceptors (Lipinski definition) is 6. The molecule has 0 aliphatic rings. The lowest BCUT2D eigenvalue weighted by Crippen LogP contribution is -2.50. The van der Waals surface area contributed by atoms with Gasteiger partial charge in [0.15, 0.2) is 0 Å². The first-order chi connectivity index (χ1) is 21.6. The molecule has 0 aliphatic carbocycles. The average molecular weight is 642 g/mol. The highest BCUT2D eigenvalue weighted by Gasteiger charge is 2.37. The van der Waals surface area contributed by atoms with Crippen LogP contribution >= 0.6 is 0 Å². The van der Waals surface area contributed by atoms with Crippen LogP contribution in [0, 0.1) is 17.0 Å². The van der Waals surface area contributed by atoms with E-state index >= 15 is 0 Å². The Bertz CT molecular complexity index is 1540. The maximum atomic E-state index is 14.9. The van der Waals surface area contributed by atoms with E-state index < -0.39 is 65.5 Å². The van der Waals surface area contributed by atoms with Gasteiger partial charge in [0.05, 0.1) is 12.1 Å². The Kier molecular flexibility index (Phi) is 12.2. The summed E-state index contributed by atoms with van der Waals surface area (Å²) >= 11 is 0. The van der Waals surface area contributed by atoms with E-state index in [1.54, 1.807) is 12.3 Å². The van der Waals surface area contributed by atoms with E-state index in [2.05, 4.69) is 5.32 Å². The molecule has 248 valence electrons. The van der Waals surface area contributed by atoms with Crippen molar-refractivity contribution in [1.82, 2.24) is 14.8 Å². The summed E-state index contributed by atoms with van der Waals surface area (Å²) in [5, 5.41) is 21.7. The third-order valence-electron chi connectivity index (χ3n) is 7.54. The number of carbonyl (C=O) groups excluding carboxylic acids is 3. The summed E-state index contributed by atoms with van der Waals surface area (Å²) in [7, 11) is 0. The zero-order valence-corrected chi connectivity index (χ0v) is 26.1. The topological polar surface area (TPSA) is 181 Å². The van der Waals surface area contributed by atoms with Gasteiger partial charge < -0.3 is 36.5 Å². The van der Waals surface area contributed by atoms with Crippen molar-refractivity contribution in [2.24, 2.45) is 16.9 Å². The fourth-order valence-electron chi connectivity index (χ4n) is 5.33. The van der Waals surface area contributed by atoms with Gasteiger partial charge in [0, 0.05) is 42.5 Å². The number of aliphatic hydroxyl groups is 1. The molecule has 3 amide bonds. The molecule has 1 heterocycles. The number of carbonyl (C=O) groups is 4. The SMILES string of the molecule is CC(C)(C)[C@H](c1cc(-c2cc(F)ccc2F)cn1Cc1ccccc1)N(CC[C@H](N)C(=O)N[C@@H](CCC(N)=O)C(=O)O)C(=O)CO. The average Bonchev–Trinajstić information content (AvgIpc) is 3.39. The number of aliphatic hydroxyl groups excluding tert-OH is 1. The number of nitrogens with two attached hydrogens (primary N) is 2. The second-order valence-corrected chi connectivity index (χ2v) is 12.2. The predicted molar refractivity (Wildman–Crippen MR) is 167 cm³/mol. The molecule has 46 heavy (non-hydrogen) atoms. The number of carboxylic acids is 1. The van der Waals surface area contributed by atoms with Gasteiger partial charge in [-0.2, -0.15) is 0 Å². The third-order valence-corrected chi connectivity index (χ3v) is 7.54. The van der Waals surface area contributed by atoms with Gasteiger partial charge in [0.2, 0.25) is 17.7 Å². The molecule has 11 nitrogen and oxygen atoms in total. The number of carboxylic acid groups (broad SMARTS) is 1. The molecule has 0 fully saturated rings. The van der Waals surface area contributed by atoms with Crippen LogP contribution < -0.4 is 16.8 Å². The van der Waals surface area contributed by atoms with Gasteiger partial charge in [-0.3, -0.25) is 14.4 Å². The Morgan fingerprint density at radius 1 is 1.02 bits per heavy atom. The normalized spacial score (nSPS) is 13.5. The van der Waals surface area contributed by atoms with E-state index in [1.165, 1.54) is 4.90 Å². The fraction of sp³-hybridized carbons (Fsp3) is 0.394. The largest absolute Gasteiger partial charge is 0.480 e. The predicted octanol–water partition coefficient (Wildman–Crippen LogP) is 2.94. The van der Waals surface area contributed by atoms with Crippen molar-refractivity contribution < 1.29 is 38.2 Å². The molecule has 3 aromatic rings. The lowest BCUT2D eigenvalue weighted by atomic mass is 9.82. The summed E-state index contributed by atoms with van der Waals surface area (Å²) in [6.07, 6.45) is 1.08. The van der Waals surface area contributed by atoms with Crippen molar-refractivity contribution >= 4 is 23.7 Å². The molecule has 0 radical (unpaired) electrons. The van der Waals surface area contributed by atoms with Crippen molar-refractivity contribution in [3.8, 4) is 11.1 Å². The molecule has 3 atom stereocenters. The molecule has 1 aromatic heterocycles. The fourth-order valence-corrected chi connectivity index (χ4v) is 5.33. The zero-order chi connectivity index (χ0) is 34.2. The van der Waals surface area contributed by atoms with Crippen LogP contribution in [-0.2, 0) is 25.7 Å².